The number of methoxy groups -OCH3 is 1. The molecule has 1 amide bonds. The van der Waals surface area contributed by atoms with Crippen LogP contribution in [0.2, 0.25) is 0 Å². The van der Waals surface area contributed by atoms with E-state index in [1.807, 2.05) is 37.4 Å². The summed E-state index contributed by atoms with van der Waals surface area (Å²) in [6.07, 6.45) is 2.89. The number of carbonyl (C=O) groups is 1. The van der Waals surface area contributed by atoms with Gasteiger partial charge in [-0.1, -0.05) is 19.1 Å². The predicted octanol–water partition coefficient (Wildman–Crippen LogP) is 2.09. The molecular weight excluding hydrogens is 362 g/mol. The molecule has 0 aliphatic heterocycles. The number of benzene rings is 1. The Hall–Kier alpha value is -2.61. The Balaban J connectivity index is 1.80. The zero-order chi connectivity index (χ0) is 19.5. The van der Waals surface area contributed by atoms with Crippen LogP contribution in [0.15, 0.2) is 35.5 Å². The van der Waals surface area contributed by atoms with Gasteiger partial charge in [0, 0.05) is 24.2 Å². The molecule has 0 saturated carbocycles. The number of rotatable bonds is 9. The molecule has 0 spiro atoms. The lowest BCUT2D eigenvalue weighted by Gasteiger charge is -2.10. The van der Waals surface area contributed by atoms with Crippen LogP contribution in [0.3, 0.4) is 0 Å². The molecule has 7 nitrogen and oxygen atoms in total. The smallest absolute Gasteiger partial charge is 0.242 e. The van der Waals surface area contributed by atoms with Crippen LogP contribution < -0.4 is 20.7 Å². The fourth-order valence-corrected chi connectivity index (χ4v) is 3.05. The van der Waals surface area contributed by atoms with E-state index in [0.29, 0.717) is 19.0 Å². The van der Waals surface area contributed by atoms with E-state index in [9.17, 15) is 4.79 Å². The second kappa shape index (κ2) is 11.2. The molecule has 0 aliphatic rings. The Kier molecular flexibility index (Phi) is 8.57. The van der Waals surface area contributed by atoms with E-state index in [4.69, 9.17) is 4.74 Å². The molecule has 2 aromatic rings. The maximum atomic E-state index is 12.1. The van der Waals surface area contributed by atoms with Gasteiger partial charge in [-0.15, -0.1) is 11.3 Å². The largest absolute Gasteiger partial charge is 0.497 e. The summed E-state index contributed by atoms with van der Waals surface area (Å²) < 4.78 is 5.12. The van der Waals surface area contributed by atoms with Gasteiger partial charge in [0.05, 0.1) is 13.7 Å². The lowest BCUT2D eigenvalue weighted by Crippen LogP contribution is -2.38. The van der Waals surface area contributed by atoms with Crippen LogP contribution in [0.4, 0.5) is 0 Å². The van der Waals surface area contributed by atoms with Gasteiger partial charge in [0.15, 0.2) is 5.96 Å². The SMILES string of the molecule is CCNC(=NCC(=O)NCc1ccc(OC)cc1)NCc1ncc(CC)s1. The highest BCUT2D eigenvalue weighted by Gasteiger charge is 2.05. The van der Waals surface area contributed by atoms with Gasteiger partial charge in [-0.25, -0.2) is 9.98 Å². The summed E-state index contributed by atoms with van der Waals surface area (Å²) in [6.45, 7) is 5.92. The molecule has 0 fully saturated rings. The molecular formula is C19H27N5O2S. The van der Waals surface area contributed by atoms with Crippen molar-refractivity contribution in [2.45, 2.75) is 33.4 Å². The van der Waals surface area contributed by atoms with E-state index in [0.717, 1.165) is 29.3 Å². The van der Waals surface area contributed by atoms with Gasteiger partial charge in [0.1, 0.15) is 17.3 Å². The predicted molar refractivity (Wildman–Crippen MR) is 109 cm³/mol. The fraction of sp³-hybridized carbons (Fsp3) is 0.421. The summed E-state index contributed by atoms with van der Waals surface area (Å²) in [5.74, 6) is 1.26. The minimum Gasteiger partial charge on any atom is -0.497 e. The topological polar surface area (TPSA) is 87.6 Å². The van der Waals surface area contributed by atoms with Crippen molar-refractivity contribution in [3.05, 3.63) is 45.9 Å². The van der Waals surface area contributed by atoms with Crippen molar-refractivity contribution in [1.82, 2.24) is 20.9 Å². The zero-order valence-corrected chi connectivity index (χ0v) is 16.9. The molecule has 0 atom stereocenters. The quantitative estimate of drug-likeness (QED) is 0.451. The first-order valence-corrected chi connectivity index (χ1v) is 9.81. The van der Waals surface area contributed by atoms with Crippen LogP contribution >= 0.6 is 11.3 Å². The van der Waals surface area contributed by atoms with Crippen LogP contribution in [-0.2, 0) is 24.3 Å². The van der Waals surface area contributed by atoms with Gasteiger partial charge < -0.3 is 20.7 Å². The zero-order valence-electron chi connectivity index (χ0n) is 16.0. The normalized spacial score (nSPS) is 11.1. The molecule has 0 saturated heterocycles. The minimum atomic E-state index is -0.134. The number of guanidine groups is 1. The first-order valence-electron chi connectivity index (χ1n) is 9.00. The number of hydrogen-bond donors (Lipinski definition) is 3. The van der Waals surface area contributed by atoms with Crippen molar-refractivity contribution in [2.75, 3.05) is 20.2 Å². The van der Waals surface area contributed by atoms with E-state index >= 15 is 0 Å². The first-order chi connectivity index (χ1) is 13.1. The minimum absolute atomic E-state index is 0.0591. The number of nitrogens with zero attached hydrogens (tertiary/aromatic N) is 2. The maximum Gasteiger partial charge on any atom is 0.242 e. The van der Waals surface area contributed by atoms with Crippen molar-refractivity contribution in [1.29, 1.82) is 0 Å². The maximum absolute atomic E-state index is 12.1. The number of ether oxygens (including phenoxy) is 1. The van der Waals surface area contributed by atoms with Crippen molar-refractivity contribution in [2.24, 2.45) is 4.99 Å². The number of carbonyl (C=O) groups excluding carboxylic acids is 1. The van der Waals surface area contributed by atoms with Crippen molar-refractivity contribution < 1.29 is 9.53 Å². The third kappa shape index (κ3) is 7.26. The van der Waals surface area contributed by atoms with Gasteiger partial charge in [0.2, 0.25) is 5.91 Å². The molecule has 1 heterocycles. The third-order valence-electron chi connectivity index (χ3n) is 3.73. The highest BCUT2D eigenvalue weighted by molar-refractivity contribution is 7.11. The van der Waals surface area contributed by atoms with E-state index < -0.39 is 0 Å². The Bertz CT molecular complexity index is 743. The van der Waals surface area contributed by atoms with Gasteiger partial charge >= 0.3 is 0 Å². The second-order valence-corrected chi connectivity index (χ2v) is 6.95. The molecule has 2 rings (SSSR count). The van der Waals surface area contributed by atoms with E-state index in [2.05, 4.69) is 32.9 Å². The van der Waals surface area contributed by atoms with E-state index in [1.54, 1.807) is 18.4 Å². The highest BCUT2D eigenvalue weighted by Crippen LogP contribution is 2.13. The average molecular weight is 390 g/mol. The average Bonchev–Trinajstić information content (AvgIpc) is 3.17. The van der Waals surface area contributed by atoms with Gasteiger partial charge in [-0.3, -0.25) is 4.79 Å². The van der Waals surface area contributed by atoms with Gasteiger partial charge in [0.25, 0.3) is 0 Å². The van der Waals surface area contributed by atoms with Crippen molar-refractivity contribution in [3.8, 4) is 5.75 Å². The van der Waals surface area contributed by atoms with E-state index in [-0.39, 0.29) is 12.5 Å². The summed E-state index contributed by atoms with van der Waals surface area (Å²) in [5.41, 5.74) is 1.01. The molecule has 0 aliphatic carbocycles. The summed E-state index contributed by atoms with van der Waals surface area (Å²) >= 11 is 1.68. The number of nitrogens with one attached hydrogen (secondary N) is 3. The van der Waals surface area contributed by atoms with Gasteiger partial charge in [-0.05, 0) is 31.0 Å². The Morgan fingerprint density at radius 1 is 1.15 bits per heavy atom. The van der Waals surface area contributed by atoms with Gasteiger partial charge in [-0.2, -0.15) is 0 Å². The van der Waals surface area contributed by atoms with Crippen molar-refractivity contribution in [3.63, 3.8) is 0 Å². The molecule has 8 heteroatoms. The molecule has 0 unspecified atom stereocenters. The molecule has 0 bridgehead atoms. The number of aryl methyl sites for hydroxylation is 1. The highest BCUT2D eigenvalue weighted by atomic mass is 32.1. The van der Waals surface area contributed by atoms with Crippen LogP contribution in [0.25, 0.3) is 0 Å². The second-order valence-electron chi connectivity index (χ2n) is 5.75. The summed E-state index contributed by atoms with van der Waals surface area (Å²) in [5, 5.41) is 10.2. The summed E-state index contributed by atoms with van der Waals surface area (Å²) in [6, 6.07) is 7.59. The lowest BCUT2D eigenvalue weighted by molar-refractivity contribution is -0.119. The Morgan fingerprint density at radius 3 is 2.56 bits per heavy atom. The molecule has 0 radical (unpaired) electrons. The number of amides is 1. The standard InChI is InChI=1S/C19H27N5O2S/c1-4-16-11-22-18(27-16)13-24-19(20-5-2)23-12-17(25)21-10-14-6-8-15(26-3)9-7-14/h6-9,11H,4-5,10,12-13H2,1-3H3,(H,21,25)(H2,20,23,24). The monoisotopic (exact) mass is 389 g/mol. The first kappa shape index (κ1) is 20.7. The molecule has 1 aromatic heterocycles. The number of aromatic nitrogens is 1. The lowest BCUT2D eigenvalue weighted by atomic mass is 10.2. The van der Waals surface area contributed by atoms with Crippen LogP contribution in [0, 0.1) is 0 Å². The Labute approximate surface area is 164 Å². The molecule has 3 N–H and O–H groups in total. The molecule has 27 heavy (non-hydrogen) atoms. The molecule has 146 valence electrons. The van der Waals surface area contributed by atoms with Crippen molar-refractivity contribution >= 4 is 23.2 Å². The number of hydrogen-bond acceptors (Lipinski definition) is 5. The summed E-state index contributed by atoms with van der Waals surface area (Å²) in [7, 11) is 1.63. The van der Waals surface area contributed by atoms with Crippen LogP contribution in [0.1, 0.15) is 29.3 Å². The fourth-order valence-electron chi connectivity index (χ4n) is 2.25. The van der Waals surface area contributed by atoms with Crippen LogP contribution in [0.5, 0.6) is 5.75 Å². The Morgan fingerprint density at radius 2 is 1.93 bits per heavy atom. The number of aliphatic imine (C=N–C) groups is 1. The number of thiazole rings is 1. The van der Waals surface area contributed by atoms with E-state index in [1.165, 1.54) is 4.88 Å². The van der Waals surface area contributed by atoms with Crippen LogP contribution in [-0.4, -0.2) is 37.1 Å². The summed E-state index contributed by atoms with van der Waals surface area (Å²) in [4.78, 5) is 22.0. The third-order valence-corrected chi connectivity index (χ3v) is 4.87. The molecule has 1 aromatic carbocycles.